The zero-order chi connectivity index (χ0) is 9.97. The third kappa shape index (κ3) is 1.69. The molecule has 0 N–H and O–H groups in total. The molecule has 0 bridgehead atoms. The van der Waals surface area contributed by atoms with Crippen LogP contribution in [0, 0.1) is 12.3 Å². The Kier molecular flexibility index (Phi) is 2.60. The van der Waals surface area contributed by atoms with E-state index in [1.165, 1.54) is 10.9 Å². The normalized spacial score (nSPS) is 10.3. The molecule has 0 spiro atoms. The van der Waals surface area contributed by atoms with Gasteiger partial charge in [0, 0.05) is 34.5 Å². The van der Waals surface area contributed by atoms with Crippen LogP contribution in [0.15, 0.2) is 34.9 Å². The third-order valence-electron chi connectivity index (χ3n) is 2.23. The SMILES string of the molecule is C#CCCn1ccc2cc(Br)ccc21. The molecule has 1 aromatic heterocycles. The highest BCUT2D eigenvalue weighted by molar-refractivity contribution is 9.10. The number of terminal acetylenes is 1. The lowest BCUT2D eigenvalue weighted by molar-refractivity contribution is 0.749. The summed E-state index contributed by atoms with van der Waals surface area (Å²) in [5, 5.41) is 1.25. The van der Waals surface area contributed by atoms with Crippen LogP contribution in [-0.4, -0.2) is 4.57 Å². The summed E-state index contributed by atoms with van der Waals surface area (Å²) in [6.45, 7) is 0.891. The Bertz CT molecular complexity index is 490. The van der Waals surface area contributed by atoms with Gasteiger partial charge in [-0.3, -0.25) is 0 Å². The van der Waals surface area contributed by atoms with Gasteiger partial charge in [0.2, 0.25) is 0 Å². The molecule has 0 aliphatic carbocycles. The van der Waals surface area contributed by atoms with Crippen molar-refractivity contribution < 1.29 is 0 Å². The fourth-order valence-electron chi connectivity index (χ4n) is 1.55. The van der Waals surface area contributed by atoms with Crippen LogP contribution >= 0.6 is 15.9 Å². The first-order valence-electron chi connectivity index (χ1n) is 4.49. The second-order valence-electron chi connectivity index (χ2n) is 3.17. The van der Waals surface area contributed by atoms with Crippen molar-refractivity contribution in [3.8, 4) is 12.3 Å². The molecule has 2 rings (SSSR count). The summed E-state index contributed by atoms with van der Waals surface area (Å²) in [7, 11) is 0. The summed E-state index contributed by atoms with van der Waals surface area (Å²) in [4.78, 5) is 0. The Morgan fingerprint density at radius 3 is 3.00 bits per heavy atom. The molecule has 0 atom stereocenters. The van der Waals surface area contributed by atoms with Crippen LogP contribution in [0.5, 0.6) is 0 Å². The van der Waals surface area contributed by atoms with Crippen molar-refractivity contribution in [1.82, 2.24) is 4.57 Å². The van der Waals surface area contributed by atoms with E-state index in [2.05, 4.69) is 56.9 Å². The number of aryl methyl sites for hydroxylation is 1. The van der Waals surface area contributed by atoms with E-state index in [1.807, 2.05) is 0 Å². The predicted molar refractivity (Wildman–Crippen MR) is 63.1 cm³/mol. The lowest BCUT2D eigenvalue weighted by Crippen LogP contribution is -1.93. The van der Waals surface area contributed by atoms with Crippen LogP contribution in [0.1, 0.15) is 6.42 Å². The van der Waals surface area contributed by atoms with Crippen molar-refractivity contribution in [2.75, 3.05) is 0 Å². The van der Waals surface area contributed by atoms with E-state index < -0.39 is 0 Å². The number of benzene rings is 1. The highest BCUT2D eigenvalue weighted by Crippen LogP contribution is 2.20. The number of hydrogen-bond acceptors (Lipinski definition) is 0. The predicted octanol–water partition coefficient (Wildman–Crippen LogP) is 3.43. The summed E-state index contributed by atoms with van der Waals surface area (Å²) in [5.41, 5.74) is 1.24. The van der Waals surface area contributed by atoms with Crippen LogP contribution in [0.3, 0.4) is 0 Å². The van der Waals surface area contributed by atoms with Crippen molar-refractivity contribution in [2.45, 2.75) is 13.0 Å². The maximum Gasteiger partial charge on any atom is 0.0481 e. The van der Waals surface area contributed by atoms with Gasteiger partial charge in [0.1, 0.15) is 0 Å². The van der Waals surface area contributed by atoms with Gasteiger partial charge in [-0.2, -0.15) is 0 Å². The minimum atomic E-state index is 0.778. The van der Waals surface area contributed by atoms with Crippen molar-refractivity contribution in [3.63, 3.8) is 0 Å². The molecule has 0 radical (unpaired) electrons. The number of hydrogen-bond donors (Lipinski definition) is 0. The first kappa shape index (κ1) is 9.36. The molecule has 14 heavy (non-hydrogen) atoms. The van der Waals surface area contributed by atoms with Crippen molar-refractivity contribution in [1.29, 1.82) is 0 Å². The quantitative estimate of drug-likeness (QED) is 0.717. The summed E-state index contributed by atoms with van der Waals surface area (Å²) in [6, 6.07) is 8.38. The molecule has 1 aromatic carbocycles. The molecule has 0 aliphatic rings. The molecule has 0 fully saturated rings. The van der Waals surface area contributed by atoms with E-state index in [0.29, 0.717) is 0 Å². The fourth-order valence-corrected chi connectivity index (χ4v) is 1.93. The van der Waals surface area contributed by atoms with Crippen LogP contribution in [0.2, 0.25) is 0 Å². The number of nitrogens with zero attached hydrogens (tertiary/aromatic N) is 1. The van der Waals surface area contributed by atoms with Crippen LogP contribution in [-0.2, 0) is 6.54 Å². The number of fused-ring (bicyclic) bond motifs is 1. The zero-order valence-corrected chi connectivity index (χ0v) is 9.29. The minimum Gasteiger partial charge on any atom is -0.347 e. The summed E-state index contributed by atoms with van der Waals surface area (Å²) in [6.07, 6.45) is 8.10. The molecule has 0 unspecified atom stereocenters. The summed E-state index contributed by atoms with van der Waals surface area (Å²) >= 11 is 3.45. The molecule has 0 saturated heterocycles. The van der Waals surface area contributed by atoms with Gasteiger partial charge in [0.05, 0.1) is 0 Å². The molecule has 0 amide bonds. The lowest BCUT2D eigenvalue weighted by atomic mass is 10.2. The second kappa shape index (κ2) is 3.89. The van der Waals surface area contributed by atoms with Gasteiger partial charge in [-0.15, -0.1) is 12.3 Å². The van der Waals surface area contributed by atoms with Gasteiger partial charge < -0.3 is 4.57 Å². The van der Waals surface area contributed by atoms with E-state index in [-0.39, 0.29) is 0 Å². The Labute approximate surface area is 91.9 Å². The number of aromatic nitrogens is 1. The largest absolute Gasteiger partial charge is 0.347 e. The van der Waals surface area contributed by atoms with Crippen molar-refractivity contribution >= 4 is 26.8 Å². The smallest absolute Gasteiger partial charge is 0.0481 e. The van der Waals surface area contributed by atoms with E-state index in [1.54, 1.807) is 0 Å². The standard InChI is InChI=1S/C12H10BrN/c1-2-3-7-14-8-6-10-9-11(13)4-5-12(10)14/h1,4-6,8-9H,3,7H2. The van der Waals surface area contributed by atoms with E-state index in [4.69, 9.17) is 6.42 Å². The van der Waals surface area contributed by atoms with Gasteiger partial charge in [0.15, 0.2) is 0 Å². The minimum absolute atomic E-state index is 0.778. The summed E-state index contributed by atoms with van der Waals surface area (Å²) < 4.78 is 3.29. The van der Waals surface area contributed by atoms with Gasteiger partial charge in [-0.1, -0.05) is 15.9 Å². The second-order valence-corrected chi connectivity index (χ2v) is 4.08. The van der Waals surface area contributed by atoms with E-state index >= 15 is 0 Å². The van der Waals surface area contributed by atoms with E-state index in [0.717, 1.165) is 17.4 Å². The first-order chi connectivity index (χ1) is 6.81. The maximum absolute atomic E-state index is 5.24. The Morgan fingerprint density at radius 2 is 2.21 bits per heavy atom. The number of rotatable bonds is 2. The van der Waals surface area contributed by atoms with Crippen LogP contribution in [0.4, 0.5) is 0 Å². The maximum atomic E-state index is 5.24. The molecule has 1 nitrogen and oxygen atoms in total. The molecule has 70 valence electrons. The van der Waals surface area contributed by atoms with Crippen molar-refractivity contribution in [3.05, 3.63) is 34.9 Å². The third-order valence-corrected chi connectivity index (χ3v) is 2.72. The molecule has 0 saturated carbocycles. The van der Waals surface area contributed by atoms with Crippen LogP contribution < -0.4 is 0 Å². The highest BCUT2D eigenvalue weighted by atomic mass is 79.9. The topological polar surface area (TPSA) is 4.93 Å². The molecule has 2 heteroatoms. The molecule has 2 aromatic rings. The Balaban J connectivity index is 2.43. The van der Waals surface area contributed by atoms with Crippen LogP contribution in [0.25, 0.3) is 10.9 Å². The van der Waals surface area contributed by atoms with Gasteiger partial charge in [-0.25, -0.2) is 0 Å². The van der Waals surface area contributed by atoms with E-state index in [9.17, 15) is 0 Å². The lowest BCUT2D eigenvalue weighted by Gasteiger charge is -2.01. The fraction of sp³-hybridized carbons (Fsp3) is 0.167. The number of halogens is 1. The Hall–Kier alpha value is -1.20. The van der Waals surface area contributed by atoms with Gasteiger partial charge in [0.25, 0.3) is 0 Å². The highest BCUT2D eigenvalue weighted by Gasteiger charge is 1.99. The average molecular weight is 248 g/mol. The van der Waals surface area contributed by atoms with Gasteiger partial charge in [-0.05, 0) is 24.3 Å². The first-order valence-corrected chi connectivity index (χ1v) is 5.28. The molecule has 1 heterocycles. The average Bonchev–Trinajstić information content (AvgIpc) is 2.57. The molecular formula is C12H10BrN. The molecular weight excluding hydrogens is 238 g/mol. The zero-order valence-electron chi connectivity index (χ0n) is 7.70. The Morgan fingerprint density at radius 1 is 1.36 bits per heavy atom. The summed E-state index contributed by atoms with van der Waals surface area (Å²) in [5.74, 6) is 2.65. The molecule has 0 aliphatic heterocycles. The van der Waals surface area contributed by atoms with Crippen molar-refractivity contribution in [2.24, 2.45) is 0 Å². The monoisotopic (exact) mass is 247 g/mol. The van der Waals surface area contributed by atoms with Gasteiger partial charge >= 0.3 is 0 Å².